The molecule has 1 N–H and O–H groups in total. The van der Waals surface area contributed by atoms with Gasteiger partial charge in [-0.1, -0.05) is 94.4 Å². The first kappa shape index (κ1) is 45.4. The van der Waals surface area contributed by atoms with Crippen molar-refractivity contribution in [2.24, 2.45) is 11.8 Å². The molecule has 0 bridgehead atoms. The second-order valence-electron chi connectivity index (χ2n) is 18.5. The second-order valence-corrected chi connectivity index (χ2v) is 18.5. The fourth-order valence-electron chi connectivity index (χ4n) is 9.21. The van der Waals surface area contributed by atoms with Gasteiger partial charge >= 0.3 is 0 Å². The topological polar surface area (TPSA) is 106 Å². The number of benzene rings is 4. The first-order chi connectivity index (χ1) is 30.4. The molecule has 4 aromatic carbocycles. The first-order valence-electron chi connectivity index (χ1n) is 23.0. The Balaban J connectivity index is 0.990. The number of fused-ring (bicyclic) bond motifs is 1. The van der Waals surface area contributed by atoms with E-state index in [2.05, 4.69) is 42.8 Å². The minimum absolute atomic E-state index is 0.00709. The molecule has 5 aromatic rings. The fraction of sp³-hybridized carbons (Fsp3) is 0.434. The molecule has 0 radical (unpaired) electrons. The molecule has 1 aromatic heterocycles. The van der Waals surface area contributed by atoms with E-state index in [1.165, 1.54) is 0 Å². The molecule has 3 amide bonds. The molecule has 7 rings (SSSR count). The van der Waals surface area contributed by atoms with Crippen molar-refractivity contribution in [1.82, 2.24) is 19.6 Å². The van der Waals surface area contributed by atoms with Gasteiger partial charge in [0, 0.05) is 36.1 Å². The van der Waals surface area contributed by atoms with Crippen LogP contribution in [0.4, 0.5) is 5.69 Å². The van der Waals surface area contributed by atoms with Gasteiger partial charge in [-0.3, -0.25) is 29.0 Å². The van der Waals surface area contributed by atoms with Crippen LogP contribution >= 0.6 is 0 Å². The number of rotatable bonds is 18. The molecule has 2 aliphatic heterocycles. The molecule has 2 aliphatic rings. The van der Waals surface area contributed by atoms with E-state index in [4.69, 9.17) is 4.42 Å². The zero-order valence-electron chi connectivity index (χ0n) is 38.0. The summed E-state index contributed by atoms with van der Waals surface area (Å²) in [7, 11) is 4.01. The molecule has 4 atom stereocenters. The summed E-state index contributed by atoms with van der Waals surface area (Å²) in [5, 5.41) is 3.96. The predicted molar refractivity (Wildman–Crippen MR) is 251 cm³/mol. The zero-order chi connectivity index (χ0) is 44.6. The second kappa shape index (κ2) is 20.7. The largest absolute Gasteiger partial charge is 0.456 e. The number of nitrogens with zero attached hydrogens (tertiary/aromatic N) is 4. The fourth-order valence-corrected chi connectivity index (χ4v) is 9.21. The summed E-state index contributed by atoms with van der Waals surface area (Å²) in [6, 6.07) is 33.2. The van der Waals surface area contributed by atoms with Gasteiger partial charge < -0.3 is 19.5 Å². The number of likely N-dealkylation sites (tertiary alicyclic amines) is 2. The molecule has 10 nitrogen and oxygen atoms in total. The minimum atomic E-state index is -0.553. The maximum Gasteiger partial charge on any atom is 0.247 e. The number of likely N-dealkylation sites (N-methyl/N-ethyl adjacent to an activating group) is 2. The standard InChI is InChI=1S/C53H65N5O5/c1-36(2)27-31-55(5)49(40-15-9-7-10-16-40)52(61)57-29-13-19-44(57)46(59)34-38-21-26-47-42(33-38)35-48(63-47)39-22-24-43(25-23-39)54-51(60)45-20-14-30-58(45)53(62)50(41-17-11-8-12-18-41)56(6)32-28-37(3)4/h7-12,15-18,21-26,33,35-37,44-45,49-50H,13-14,19-20,27-32,34H2,1-6H3,(H,54,60)/t44-,45-,49+,50+/m0/s1. The number of Topliss-reactive ketones (excluding diaryl/α,β-unsaturated/α-hetero) is 1. The summed E-state index contributed by atoms with van der Waals surface area (Å²) in [4.78, 5) is 64.1. The molecule has 332 valence electrons. The van der Waals surface area contributed by atoms with Crippen molar-refractivity contribution in [3.8, 4) is 11.3 Å². The van der Waals surface area contributed by atoms with E-state index in [9.17, 15) is 19.2 Å². The summed E-state index contributed by atoms with van der Waals surface area (Å²) >= 11 is 0. The van der Waals surface area contributed by atoms with Gasteiger partial charge in [0.25, 0.3) is 0 Å². The highest BCUT2D eigenvalue weighted by Gasteiger charge is 2.40. The highest BCUT2D eigenvalue weighted by atomic mass is 16.3. The Labute approximate surface area is 373 Å². The van der Waals surface area contributed by atoms with Crippen molar-refractivity contribution in [2.45, 2.75) is 96.8 Å². The quantitative estimate of drug-likeness (QED) is 0.0937. The van der Waals surface area contributed by atoms with Gasteiger partial charge in [0.1, 0.15) is 29.5 Å². The average molecular weight is 852 g/mol. The maximum atomic E-state index is 14.3. The van der Waals surface area contributed by atoms with Crippen LogP contribution in [0.15, 0.2) is 114 Å². The number of carbonyl (C=O) groups is 4. The van der Waals surface area contributed by atoms with Gasteiger partial charge in [-0.2, -0.15) is 0 Å². The van der Waals surface area contributed by atoms with Crippen LogP contribution in [0, 0.1) is 11.8 Å². The molecule has 63 heavy (non-hydrogen) atoms. The molecule has 0 spiro atoms. The Morgan fingerprint density at radius 1 is 0.667 bits per heavy atom. The number of hydrogen-bond acceptors (Lipinski definition) is 7. The highest BCUT2D eigenvalue weighted by Crippen LogP contribution is 2.33. The van der Waals surface area contributed by atoms with Crippen LogP contribution in [0.25, 0.3) is 22.3 Å². The van der Waals surface area contributed by atoms with Crippen molar-refractivity contribution >= 4 is 40.2 Å². The summed E-state index contributed by atoms with van der Waals surface area (Å²) in [6.45, 7) is 11.4. The number of nitrogens with one attached hydrogen (secondary N) is 1. The van der Waals surface area contributed by atoms with Crippen LogP contribution in [0.1, 0.15) is 95.0 Å². The molecule has 2 saturated heterocycles. The third kappa shape index (κ3) is 11.0. The Morgan fingerprint density at radius 3 is 1.73 bits per heavy atom. The summed E-state index contributed by atoms with van der Waals surface area (Å²) < 4.78 is 6.26. The predicted octanol–water partition coefficient (Wildman–Crippen LogP) is 9.57. The Morgan fingerprint density at radius 2 is 1.19 bits per heavy atom. The third-order valence-electron chi connectivity index (χ3n) is 12.8. The van der Waals surface area contributed by atoms with Crippen LogP contribution in [-0.4, -0.2) is 95.5 Å². The van der Waals surface area contributed by atoms with E-state index >= 15 is 0 Å². The number of amides is 3. The monoisotopic (exact) mass is 851 g/mol. The van der Waals surface area contributed by atoms with Gasteiger partial charge in [0.15, 0.2) is 5.78 Å². The summed E-state index contributed by atoms with van der Waals surface area (Å²) in [6.07, 6.45) is 5.03. The van der Waals surface area contributed by atoms with E-state index < -0.39 is 24.2 Å². The summed E-state index contributed by atoms with van der Waals surface area (Å²) in [5.41, 5.74) is 4.96. The smallest absolute Gasteiger partial charge is 0.247 e. The molecule has 2 fully saturated rings. The van der Waals surface area contributed by atoms with Crippen molar-refractivity contribution in [3.63, 3.8) is 0 Å². The normalized spacial score (nSPS) is 17.6. The zero-order valence-corrected chi connectivity index (χ0v) is 38.0. The number of furan rings is 1. The van der Waals surface area contributed by atoms with Gasteiger partial charge in [-0.05, 0) is 137 Å². The third-order valence-corrected chi connectivity index (χ3v) is 12.8. The SMILES string of the molecule is CC(C)CCN(C)[C@@H](C(=O)N1CCC[C@H]1C(=O)Cc1ccc2oc(-c3ccc(NC(=O)[C@@H]4CCCN4C(=O)[C@@H](c4ccccc4)N(C)CCC(C)C)cc3)cc2c1)c1ccccc1. The van der Waals surface area contributed by atoms with E-state index in [-0.39, 0.29) is 29.9 Å². The van der Waals surface area contributed by atoms with Crippen LogP contribution in [0.2, 0.25) is 0 Å². The van der Waals surface area contributed by atoms with Crippen LogP contribution in [0.5, 0.6) is 0 Å². The van der Waals surface area contributed by atoms with Crippen molar-refractivity contribution in [3.05, 3.63) is 126 Å². The first-order valence-corrected chi connectivity index (χ1v) is 23.0. The van der Waals surface area contributed by atoms with Gasteiger partial charge in [0.2, 0.25) is 17.7 Å². The molecule has 0 unspecified atom stereocenters. The maximum absolute atomic E-state index is 14.3. The summed E-state index contributed by atoms with van der Waals surface area (Å²) in [5.74, 6) is 1.52. The molecular formula is C53H65N5O5. The Hall–Kier alpha value is -5.58. The minimum Gasteiger partial charge on any atom is -0.456 e. The number of hydrogen-bond donors (Lipinski definition) is 1. The van der Waals surface area contributed by atoms with Crippen LogP contribution in [0.3, 0.4) is 0 Å². The molecule has 10 heteroatoms. The lowest BCUT2D eigenvalue weighted by molar-refractivity contribution is -0.142. The lowest BCUT2D eigenvalue weighted by Gasteiger charge is -2.33. The van der Waals surface area contributed by atoms with E-state index in [1.54, 1.807) is 4.90 Å². The lowest BCUT2D eigenvalue weighted by Crippen LogP contribution is -2.48. The van der Waals surface area contributed by atoms with E-state index in [1.807, 2.05) is 128 Å². The molecule has 0 aliphatic carbocycles. The lowest BCUT2D eigenvalue weighted by atomic mass is 9.99. The number of carbonyl (C=O) groups excluding carboxylic acids is 4. The average Bonchev–Trinajstić information content (AvgIpc) is 4.07. The molecule has 3 heterocycles. The van der Waals surface area contributed by atoms with E-state index in [0.29, 0.717) is 54.8 Å². The Kier molecular flexibility index (Phi) is 15.0. The van der Waals surface area contributed by atoms with Crippen molar-refractivity contribution < 1.29 is 23.6 Å². The van der Waals surface area contributed by atoms with Gasteiger partial charge in [0.05, 0.1) is 6.04 Å². The molecule has 0 saturated carbocycles. The highest BCUT2D eigenvalue weighted by molar-refractivity contribution is 5.99. The number of anilines is 1. The van der Waals surface area contributed by atoms with Crippen LogP contribution in [-0.2, 0) is 25.6 Å². The molecular weight excluding hydrogens is 787 g/mol. The Bertz CT molecular complexity index is 2320. The van der Waals surface area contributed by atoms with Crippen molar-refractivity contribution in [2.75, 3.05) is 45.6 Å². The van der Waals surface area contributed by atoms with Gasteiger partial charge in [-0.15, -0.1) is 0 Å². The van der Waals surface area contributed by atoms with Crippen molar-refractivity contribution in [1.29, 1.82) is 0 Å². The van der Waals surface area contributed by atoms with Crippen LogP contribution < -0.4 is 5.32 Å². The van der Waals surface area contributed by atoms with E-state index in [0.717, 1.165) is 66.4 Å². The van der Waals surface area contributed by atoms with Gasteiger partial charge in [-0.25, -0.2) is 0 Å². The number of ketones is 1.